The van der Waals surface area contributed by atoms with E-state index in [0.29, 0.717) is 25.0 Å². The third-order valence-electron chi connectivity index (χ3n) is 2.88. The van der Waals surface area contributed by atoms with Crippen molar-refractivity contribution in [2.24, 2.45) is 0 Å². The molecule has 0 atom stereocenters. The molecule has 2 heterocycles. The summed E-state index contributed by atoms with van der Waals surface area (Å²) >= 11 is 14.8. The van der Waals surface area contributed by atoms with Crippen molar-refractivity contribution in [2.45, 2.75) is 0 Å². The minimum atomic E-state index is 0.475. The second-order valence-electron chi connectivity index (χ2n) is 4.06. The van der Waals surface area contributed by atoms with Crippen molar-refractivity contribution in [3.05, 3.63) is 22.9 Å². The summed E-state index contributed by atoms with van der Waals surface area (Å²) in [5.74, 6) is 2.77. The van der Waals surface area contributed by atoms with Gasteiger partial charge in [-0.05, 0) is 22.9 Å². The van der Waals surface area contributed by atoms with Gasteiger partial charge in [0.25, 0.3) is 0 Å². The Bertz CT molecular complexity index is 612. The first kappa shape index (κ1) is 14.3. The van der Waals surface area contributed by atoms with Crippen LogP contribution < -0.4 is 9.47 Å². The minimum Gasteiger partial charge on any atom is -0.490 e. The van der Waals surface area contributed by atoms with Gasteiger partial charge in [0.2, 0.25) is 0 Å². The average molecular weight is 347 g/mol. The maximum Gasteiger partial charge on any atom is 0.146 e. The van der Waals surface area contributed by atoms with Crippen LogP contribution in [0.4, 0.5) is 0 Å². The summed E-state index contributed by atoms with van der Waals surface area (Å²) in [6.07, 6.45) is 0. The molecule has 0 aliphatic heterocycles. The van der Waals surface area contributed by atoms with Crippen LogP contribution in [0.15, 0.2) is 22.9 Å². The highest BCUT2D eigenvalue weighted by Gasteiger charge is 2.18. The number of fused-ring (bicyclic) bond motifs is 2. The first-order valence-electron chi connectivity index (χ1n) is 6.14. The highest BCUT2D eigenvalue weighted by molar-refractivity contribution is 7.19. The lowest BCUT2D eigenvalue weighted by atomic mass is 10.1. The Hall–Kier alpha value is -0.680. The van der Waals surface area contributed by atoms with Crippen molar-refractivity contribution in [3.63, 3.8) is 0 Å². The molecular formula is C14H12Cl2O2S2. The number of halogens is 2. The second-order valence-corrected chi connectivity index (χ2v) is 6.65. The van der Waals surface area contributed by atoms with Gasteiger partial charge in [0.05, 0.1) is 21.2 Å². The van der Waals surface area contributed by atoms with E-state index in [0.717, 1.165) is 31.7 Å². The molecule has 0 saturated carbocycles. The smallest absolute Gasteiger partial charge is 0.146 e. The first-order chi connectivity index (χ1) is 9.86. The summed E-state index contributed by atoms with van der Waals surface area (Å²) in [6.45, 7) is 1.00. The highest BCUT2D eigenvalue weighted by atomic mass is 35.5. The Morgan fingerprint density at radius 1 is 0.800 bits per heavy atom. The molecule has 3 rings (SSSR count). The van der Waals surface area contributed by atoms with Gasteiger partial charge in [0, 0.05) is 10.8 Å². The molecule has 0 radical (unpaired) electrons. The van der Waals surface area contributed by atoms with Crippen LogP contribution in [-0.4, -0.2) is 25.0 Å². The van der Waals surface area contributed by atoms with Gasteiger partial charge in [0.15, 0.2) is 0 Å². The molecule has 0 saturated heterocycles. The average Bonchev–Trinajstić information content (AvgIpc) is 3.11. The van der Waals surface area contributed by atoms with Crippen LogP contribution in [0.1, 0.15) is 0 Å². The van der Waals surface area contributed by atoms with Gasteiger partial charge in [-0.3, -0.25) is 0 Å². The quantitative estimate of drug-likeness (QED) is 0.560. The van der Waals surface area contributed by atoms with Gasteiger partial charge in [0.1, 0.15) is 24.7 Å². The highest BCUT2D eigenvalue weighted by Crippen LogP contribution is 2.47. The minimum absolute atomic E-state index is 0.475. The lowest BCUT2D eigenvalue weighted by molar-refractivity contribution is 0.346. The van der Waals surface area contributed by atoms with Crippen LogP contribution >= 0.6 is 45.9 Å². The SMILES string of the molecule is ClCCOc1c2ccsc2c(OCCCl)c2ccsc12. The molecule has 0 amide bonds. The Morgan fingerprint density at radius 2 is 1.25 bits per heavy atom. The fourth-order valence-corrected chi connectivity index (χ4v) is 4.10. The van der Waals surface area contributed by atoms with Gasteiger partial charge >= 0.3 is 0 Å². The Balaban J connectivity index is 2.22. The molecule has 0 aliphatic rings. The normalized spacial score (nSPS) is 11.3. The van der Waals surface area contributed by atoms with E-state index in [1.54, 1.807) is 22.7 Å². The largest absolute Gasteiger partial charge is 0.490 e. The van der Waals surface area contributed by atoms with Crippen LogP contribution in [-0.2, 0) is 0 Å². The van der Waals surface area contributed by atoms with E-state index in [1.807, 2.05) is 0 Å². The molecule has 0 aliphatic carbocycles. The fraction of sp³-hybridized carbons (Fsp3) is 0.286. The van der Waals surface area contributed by atoms with Crippen LogP contribution in [0.5, 0.6) is 11.5 Å². The molecule has 2 nitrogen and oxygen atoms in total. The standard InChI is InChI=1S/C14H12Cl2O2S2/c15-3-5-17-11-9-1-7-19-13(9)12(18-6-4-16)10-2-8-20-14(10)11/h1-2,7-8H,3-6H2. The molecule has 2 aromatic heterocycles. The fourth-order valence-electron chi connectivity index (χ4n) is 2.14. The Morgan fingerprint density at radius 3 is 1.65 bits per heavy atom. The van der Waals surface area contributed by atoms with Crippen molar-refractivity contribution >= 4 is 66.0 Å². The predicted molar refractivity (Wildman–Crippen MR) is 89.6 cm³/mol. The molecule has 0 unspecified atom stereocenters. The van der Waals surface area contributed by atoms with Gasteiger partial charge < -0.3 is 9.47 Å². The zero-order valence-electron chi connectivity index (χ0n) is 10.5. The van der Waals surface area contributed by atoms with E-state index >= 15 is 0 Å². The van der Waals surface area contributed by atoms with Gasteiger partial charge in [-0.15, -0.1) is 45.9 Å². The second kappa shape index (κ2) is 6.39. The van der Waals surface area contributed by atoms with Crippen LogP contribution in [0, 0.1) is 0 Å². The summed E-state index contributed by atoms with van der Waals surface area (Å²) in [6, 6.07) is 4.13. The van der Waals surface area contributed by atoms with Gasteiger partial charge in [-0.25, -0.2) is 0 Å². The monoisotopic (exact) mass is 346 g/mol. The summed E-state index contributed by atoms with van der Waals surface area (Å²) in [5.41, 5.74) is 0. The topological polar surface area (TPSA) is 18.5 Å². The lowest BCUT2D eigenvalue weighted by Gasteiger charge is -2.12. The molecule has 6 heteroatoms. The molecule has 0 fully saturated rings. The zero-order valence-corrected chi connectivity index (χ0v) is 13.7. The molecule has 20 heavy (non-hydrogen) atoms. The number of ether oxygens (including phenoxy) is 2. The molecule has 106 valence electrons. The zero-order chi connectivity index (χ0) is 13.9. The number of benzene rings is 1. The summed E-state index contributed by atoms with van der Waals surface area (Å²) in [5, 5.41) is 6.27. The maximum atomic E-state index is 5.86. The number of hydrogen-bond acceptors (Lipinski definition) is 4. The van der Waals surface area contributed by atoms with Crippen molar-refractivity contribution in [2.75, 3.05) is 25.0 Å². The maximum absolute atomic E-state index is 5.86. The van der Waals surface area contributed by atoms with Crippen LogP contribution in [0.25, 0.3) is 20.2 Å². The van der Waals surface area contributed by atoms with E-state index < -0.39 is 0 Å². The number of alkyl halides is 2. The summed E-state index contributed by atoms with van der Waals surface area (Å²) in [7, 11) is 0. The van der Waals surface area contributed by atoms with E-state index in [4.69, 9.17) is 32.7 Å². The molecule has 0 spiro atoms. The van der Waals surface area contributed by atoms with E-state index in [1.165, 1.54) is 0 Å². The third-order valence-corrected chi connectivity index (χ3v) is 5.01. The Kier molecular flexibility index (Phi) is 4.56. The number of hydrogen-bond donors (Lipinski definition) is 0. The Labute approximate surface area is 134 Å². The summed E-state index contributed by atoms with van der Waals surface area (Å²) < 4.78 is 13.9. The molecular weight excluding hydrogens is 335 g/mol. The molecule has 0 N–H and O–H groups in total. The molecule has 1 aromatic carbocycles. The van der Waals surface area contributed by atoms with Crippen molar-refractivity contribution < 1.29 is 9.47 Å². The molecule has 3 aromatic rings. The van der Waals surface area contributed by atoms with Gasteiger partial charge in [-0.1, -0.05) is 0 Å². The first-order valence-corrected chi connectivity index (χ1v) is 8.97. The van der Waals surface area contributed by atoms with Gasteiger partial charge in [-0.2, -0.15) is 0 Å². The van der Waals surface area contributed by atoms with Crippen molar-refractivity contribution in [3.8, 4) is 11.5 Å². The van der Waals surface area contributed by atoms with Crippen LogP contribution in [0.3, 0.4) is 0 Å². The van der Waals surface area contributed by atoms with Crippen LogP contribution in [0.2, 0.25) is 0 Å². The number of thiophene rings is 2. The van der Waals surface area contributed by atoms with E-state index in [9.17, 15) is 0 Å². The molecule has 0 bridgehead atoms. The number of rotatable bonds is 6. The van der Waals surface area contributed by atoms with E-state index in [2.05, 4.69) is 22.9 Å². The third kappa shape index (κ3) is 2.46. The van der Waals surface area contributed by atoms with Crippen molar-refractivity contribution in [1.29, 1.82) is 0 Å². The summed E-state index contributed by atoms with van der Waals surface area (Å²) in [4.78, 5) is 0. The van der Waals surface area contributed by atoms with Crippen molar-refractivity contribution in [1.82, 2.24) is 0 Å². The predicted octanol–water partition coefficient (Wildman–Crippen LogP) is 5.35. The van der Waals surface area contributed by atoms with E-state index in [-0.39, 0.29) is 0 Å². The lowest BCUT2D eigenvalue weighted by Crippen LogP contribution is -2.01.